The van der Waals surface area contributed by atoms with Gasteiger partial charge in [-0.3, -0.25) is 4.31 Å². The molecular weight excluding hydrogens is 178 g/mol. The van der Waals surface area contributed by atoms with Crippen LogP contribution in [0.2, 0.25) is 0 Å². The molecular formula is C11H13NS. The van der Waals surface area contributed by atoms with Gasteiger partial charge in [0.05, 0.1) is 11.4 Å². The van der Waals surface area contributed by atoms with E-state index in [-0.39, 0.29) is 0 Å². The van der Waals surface area contributed by atoms with Gasteiger partial charge in [0.25, 0.3) is 0 Å². The second-order valence-corrected chi connectivity index (χ2v) is 4.01. The summed E-state index contributed by atoms with van der Waals surface area (Å²) in [4.78, 5) is 0. The van der Waals surface area contributed by atoms with Crippen molar-refractivity contribution in [3.8, 4) is 0 Å². The predicted molar refractivity (Wildman–Crippen MR) is 59.1 cm³/mol. The quantitative estimate of drug-likeness (QED) is 0.660. The molecule has 0 radical (unpaired) electrons. The molecule has 1 heterocycles. The van der Waals surface area contributed by atoms with E-state index in [1.165, 1.54) is 22.5 Å². The molecule has 0 aliphatic carbocycles. The maximum atomic E-state index is 2.25. The second kappa shape index (κ2) is 3.11. The molecule has 0 fully saturated rings. The van der Waals surface area contributed by atoms with E-state index < -0.39 is 0 Å². The normalized spacial score (nSPS) is 15.2. The minimum Gasteiger partial charge on any atom is -0.285 e. The number of allylic oxidation sites excluding steroid dienone is 1. The highest BCUT2D eigenvalue weighted by Crippen LogP contribution is 2.44. The van der Waals surface area contributed by atoms with Gasteiger partial charge in [-0.15, -0.1) is 0 Å². The van der Waals surface area contributed by atoms with E-state index in [1.54, 1.807) is 11.9 Å². The fourth-order valence-corrected chi connectivity index (χ4v) is 2.23. The van der Waals surface area contributed by atoms with Gasteiger partial charge in [0.15, 0.2) is 0 Å². The zero-order valence-corrected chi connectivity index (χ0v) is 8.98. The number of aryl methyl sites for hydroxylation is 1. The van der Waals surface area contributed by atoms with Crippen molar-refractivity contribution in [3.63, 3.8) is 0 Å². The minimum atomic E-state index is 1.32. The molecule has 68 valence electrons. The summed E-state index contributed by atoms with van der Waals surface area (Å²) in [5, 5.41) is 0. The molecule has 0 saturated heterocycles. The Kier molecular flexibility index (Phi) is 2.08. The van der Waals surface area contributed by atoms with Gasteiger partial charge < -0.3 is 0 Å². The first kappa shape index (κ1) is 8.70. The van der Waals surface area contributed by atoms with Crippen molar-refractivity contribution >= 4 is 17.6 Å². The van der Waals surface area contributed by atoms with Crippen LogP contribution in [-0.2, 0) is 0 Å². The lowest BCUT2D eigenvalue weighted by Crippen LogP contribution is -1.85. The van der Waals surface area contributed by atoms with Crippen LogP contribution in [0.3, 0.4) is 0 Å². The molecule has 13 heavy (non-hydrogen) atoms. The summed E-state index contributed by atoms with van der Waals surface area (Å²) in [5.41, 5.74) is 5.42. The molecule has 0 amide bonds. The Morgan fingerprint density at radius 2 is 1.69 bits per heavy atom. The Morgan fingerprint density at radius 1 is 1.08 bits per heavy atom. The van der Waals surface area contributed by atoms with Gasteiger partial charge in [-0.1, -0.05) is 29.8 Å². The van der Waals surface area contributed by atoms with E-state index in [4.69, 9.17) is 0 Å². The van der Waals surface area contributed by atoms with Crippen LogP contribution in [0.15, 0.2) is 30.0 Å². The summed E-state index contributed by atoms with van der Waals surface area (Å²) in [6, 6.07) is 8.69. The first-order chi connectivity index (χ1) is 6.24. The number of hydrogen-bond acceptors (Lipinski definition) is 2. The summed E-state index contributed by atoms with van der Waals surface area (Å²) >= 11 is 1.77. The van der Waals surface area contributed by atoms with Gasteiger partial charge in [-0.25, -0.2) is 0 Å². The van der Waals surface area contributed by atoms with E-state index in [9.17, 15) is 0 Å². The van der Waals surface area contributed by atoms with Gasteiger partial charge in [0.1, 0.15) is 0 Å². The molecule has 0 aromatic heterocycles. The first-order valence-electron chi connectivity index (χ1n) is 4.36. The zero-order valence-electron chi connectivity index (χ0n) is 8.16. The van der Waals surface area contributed by atoms with Crippen LogP contribution in [0.1, 0.15) is 18.1 Å². The highest BCUT2D eigenvalue weighted by atomic mass is 32.2. The number of hydrogen-bond donors (Lipinski definition) is 0. The van der Waals surface area contributed by atoms with Gasteiger partial charge in [-0.05, 0) is 25.8 Å². The van der Waals surface area contributed by atoms with Crippen molar-refractivity contribution in [2.75, 3.05) is 6.26 Å². The van der Waals surface area contributed by atoms with E-state index in [1.807, 2.05) is 0 Å². The van der Waals surface area contributed by atoms with Crippen LogP contribution in [0.4, 0.5) is 0 Å². The average Bonchev–Trinajstić information content (AvgIpc) is 2.78. The third-order valence-corrected chi connectivity index (χ3v) is 3.13. The molecule has 0 spiro atoms. The summed E-state index contributed by atoms with van der Waals surface area (Å²) in [6.45, 7) is 4.27. The maximum Gasteiger partial charge on any atom is 0.0796 e. The van der Waals surface area contributed by atoms with Gasteiger partial charge >= 0.3 is 0 Å². The van der Waals surface area contributed by atoms with E-state index >= 15 is 0 Å². The first-order valence-corrected chi connectivity index (χ1v) is 5.54. The van der Waals surface area contributed by atoms with Gasteiger partial charge in [0.2, 0.25) is 0 Å². The van der Waals surface area contributed by atoms with Gasteiger partial charge in [-0.2, -0.15) is 0 Å². The Labute approximate surface area is 83.6 Å². The van der Waals surface area contributed by atoms with E-state index in [0.717, 1.165) is 0 Å². The third-order valence-electron chi connectivity index (χ3n) is 2.31. The van der Waals surface area contributed by atoms with Crippen molar-refractivity contribution in [3.05, 3.63) is 41.1 Å². The van der Waals surface area contributed by atoms with Crippen molar-refractivity contribution in [1.29, 1.82) is 0 Å². The molecule has 0 N–H and O–H groups in total. The second-order valence-electron chi connectivity index (χ2n) is 3.28. The molecule has 1 nitrogen and oxygen atoms in total. The zero-order chi connectivity index (χ0) is 9.42. The summed E-state index contributed by atoms with van der Waals surface area (Å²) < 4.78 is 2.25. The standard InChI is InChI=1S/C11H13NS/c1-8-4-6-10(7-5-8)11-9(2)12(11)13-3/h4-7H,1-3H3. The molecule has 2 heteroatoms. The molecule has 1 aliphatic rings. The SMILES string of the molecule is CSN1C(C)=C1c1ccc(C)cc1. The summed E-state index contributed by atoms with van der Waals surface area (Å²) in [6.07, 6.45) is 2.10. The van der Waals surface area contributed by atoms with Crippen LogP contribution in [0.25, 0.3) is 5.70 Å². The molecule has 1 aliphatic heterocycles. The lowest BCUT2D eigenvalue weighted by atomic mass is 10.1. The fourth-order valence-electron chi connectivity index (χ4n) is 1.49. The van der Waals surface area contributed by atoms with Crippen LogP contribution in [0.5, 0.6) is 0 Å². The van der Waals surface area contributed by atoms with Crippen molar-refractivity contribution in [2.45, 2.75) is 13.8 Å². The van der Waals surface area contributed by atoms with Crippen LogP contribution in [0, 0.1) is 6.92 Å². The molecule has 0 atom stereocenters. The van der Waals surface area contributed by atoms with Crippen LogP contribution < -0.4 is 0 Å². The summed E-state index contributed by atoms with van der Waals surface area (Å²) in [7, 11) is 0. The molecule has 1 aromatic rings. The van der Waals surface area contributed by atoms with Crippen molar-refractivity contribution in [1.82, 2.24) is 4.31 Å². The Balaban J connectivity index is 2.24. The lowest BCUT2D eigenvalue weighted by molar-refractivity contribution is 0.985. The summed E-state index contributed by atoms with van der Waals surface area (Å²) in [5.74, 6) is 0. The smallest absolute Gasteiger partial charge is 0.0796 e. The van der Waals surface area contributed by atoms with Crippen molar-refractivity contribution in [2.24, 2.45) is 0 Å². The van der Waals surface area contributed by atoms with Crippen LogP contribution >= 0.6 is 11.9 Å². The van der Waals surface area contributed by atoms with Crippen molar-refractivity contribution < 1.29 is 0 Å². The minimum absolute atomic E-state index is 1.32. The van der Waals surface area contributed by atoms with Crippen LogP contribution in [-0.4, -0.2) is 10.6 Å². The van der Waals surface area contributed by atoms with E-state index in [2.05, 4.69) is 48.7 Å². The predicted octanol–water partition coefficient (Wildman–Crippen LogP) is 3.28. The molecule has 2 rings (SSSR count). The largest absolute Gasteiger partial charge is 0.285 e. The molecule has 0 unspecified atom stereocenters. The van der Waals surface area contributed by atoms with Gasteiger partial charge in [0, 0.05) is 11.8 Å². The lowest BCUT2D eigenvalue weighted by Gasteiger charge is -2.01. The fraction of sp³-hybridized carbons (Fsp3) is 0.273. The number of nitrogens with zero attached hydrogens (tertiary/aromatic N) is 1. The van der Waals surface area contributed by atoms with E-state index in [0.29, 0.717) is 0 Å². The Hall–Kier alpha value is -0.890. The third kappa shape index (κ3) is 1.46. The number of rotatable bonds is 2. The average molecular weight is 191 g/mol. The maximum absolute atomic E-state index is 2.25. The Bertz CT molecular complexity index is 351. The highest BCUT2D eigenvalue weighted by Gasteiger charge is 2.29. The Morgan fingerprint density at radius 3 is 2.15 bits per heavy atom. The molecule has 0 bridgehead atoms. The topological polar surface area (TPSA) is 3.01 Å². The molecule has 1 aromatic carbocycles. The number of benzene rings is 1. The molecule has 0 saturated carbocycles. The monoisotopic (exact) mass is 191 g/mol. The highest BCUT2D eigenvalue weighted by molar-refractivity contribution is 7.97.